The molecule has 1 amide bonds. The van der Waals surface area contributed by atoms with Gasteiger partial charge in [0.2, 0.25) is 5.91 Å². The molecule has 0 N–H and O–H groups in total. The zero-order valence-corrected chi connectivity index (χ0v) is 11.5. The lowest BCUT2D eigenvalue weighted by Crippen LogP contribution is -2.40. The lowest BCUT2D eigenvalue weighted by atomic mass is 9.63. The highest BCUT2D eigenvalue weighted by atomic mass is 35.5. The van der Waals surface area contributed by atoms with Crippen molar-refractivity contribution in [2.45, 2.75) is 38.0 Å². The molecule has 2 rings (SSSR count). The fourth-order valence-corrected chi connectivity index (χ4v) is 3.34. The fourth-order valence-electron chi connectivity index (χ4n) is 3.20. The molecule has 4 heteroatoms. The van der Waals surface area contributed by atoms with Gasteiger partial charge in [-0.05, 0) is 24.7 Å². The first-order valence-corrected chi connectivity index (χ1v) is 6.98. The molecule has 1 aliphatic carbocycles. The van der Waals surface area contributed by atoms with Crippen LogP contribution in [0.1, 0.15) is 32.6 Å². The average molecular weight is 260 g/mol. The molecule has 0 radical (unpaired) electrons. The van der Waals surface area contributed by atoms with Gasteiger partial charge in [0.05, 0.1) is 6.61 Å². The second kappa shape index (κ2) is 5.15. The number of hydrogen-bond acceptors (Lipinski definition) is 2. The lowest BCUT2D eigenvalue weighted by Gasteiger charge is -2.42. The molecule has 0 aromatic rings. The van der Waals surface area contributed by atoms with Gasteiger partial charge in [-0.15, -0.1) is 11.6 Å². The van der Waals surface area contributed by atoms with Gasteiger partial charge in [0.15, 0.2) is 0 Å². The van der Waals surface area contributed by atoms with Crippen LogP contribution in [0.3, 0.4) is 0 Å². The third kappa shape index (κ3) is 2.32. The predicted molar refractivity (Wildman–Crippen MR) is 68.2 cm³/mol. The molecule has 1 saturated carbocycles. The third-order valence-corrected chi connectivity index (χ3v) is 4.96. The maximum atomic E-state index is 12.1. The Morgan fingerprint density at radius 3 is 2.76 bits per heavy atom. The molecule has 0 aromatic carbocycles. The van der Waals surface area contributed by atoms with Crippen molar-refractivity contribution < 1.29 is 9.53 Å². The molecular weight excluding hydrogens is 238 g/mol. The lowest BCUT2D eigenvalue weighted by molar-refractivity contribution is -0.130. The monoisotopic (exact) mass is 259 g/mol. The number of halogens is 1. The highest BCUT2D eigenvalue weighted by Gasteiger charge is 2.51. The van der Waals surface area contributed by atoms with Crippen LogP contribution in [0, 0.1) is 11.3 Å². The second-order valence-corrected chi connectivity index (χ2v) is 5.99. The Labute approximate surface area is 108 Å². The summed E-state index contributed by atoms with van der Waals surface area (Å²) in [6.07, 6.45) is 4.48. The summed E-state index contributed by atoms with van der Waals surface area (Å²) in [6.45, 7) is 4.44. The van der Waals surface area contributed by atoms with Crippen molar-refractivity contribution in [1.82, 2.24) is 4.90 Å². The molecule has 3 nitrogen and oxygen atoms in total. The van der Waals surface area contributed by atoms with Crippen LogP contribution >= 0.6 is 11.6 Å². The van der Waals surface area contributed by atoms with Gasteiger partial charge in [0.1, 0.15) is 5.38 Å². The summed E-state index contributed by atoms with van der Waals surface area (Å²) >= 11 is 6.05. The Morgan fingerprint density at radius 2 is 2.29 bits per heavy atom. The van der Waals surface area contributed by atoms with E-state index < -0.39 is 0 Å². The molecule has 1 heterocycles. The Balaban J connectivity index is 2.01. The summed E-state index contributed by atoms with van der Waals surface area (Å²) in [7, 11) is 1.74. The van der Waals surface area contributed by atoms with Crippen molar-refractivity contribution in [1.29, 1.82) is 0 Å². The van der Waals surface area contributed by atoms with Crippen LogP contribution in [0.2, 0.25) is 0 Å². The summed E-state index contributed by atoms with van der Waals surface area (Å²) in [6, 6.07) is 0. The van der Waals surface area contributed by atoms with Crippen LogP contribution < -0.4 is 0 Å². The molecule has 0 unspecified atom stereocenters. The van der Waals surface area contributed by atoms with E-state index in [9.17, 15) is 4.79 Å². The number of hydrogen-bond donors (Lipinski definition) is 0. The molecule has 0 aromatic heterocycles. The van der Waals surface area contributed by atoms with E-state index in [1.165, 1.54) is 19.3 Å². The van der Waals surface area contributed by atoms with E-state index in [2.05, 4.69) is 0 Å². The van der Waals surface area contributed by atoms with Crippen LogP contribution in [0.15, 0.2) is 0 Å². The Hall–Kier alpha value is -0.280. The summed E-state index contributed by atoms with van der Waals surface area (Å²) in [4.78, 5) is 14.1. The first-order valence-electron chi connectivity index (χ1n) is 6.55. The summed E-state index contributed by atoms with van der Waals surface area (Å²) in [5, 5.41) is -0.353. The molecule has 0 bridgehead atoms. The van der Waals surface area contributed by atoms with E-state index in [1.54, 1.807) is 7.11 Å². The first-order chi connectivity index (χ1) is 8.13. The number of ether oxygens (including phenoxy) is 1. The van der Waals surface area contributed by atoms with Gasteiger partial charge >= 0.3 is 0 Å². The van der Waals surface area contributed by atoms with Crippen molar-refractivity contribution in [3.8, 4) is 0 Å². The van der Waals surface area contributed by atoms with E-state index in [1.807, 2.05) is 11.8 Å². The number of methoxy groups -OCH3 is 1. The van der Waals surface area contributed by atoms with Gasteiger partial charge in [-0.3, -0.25) is 4.79 Å². The summed E-state index contributed by atoms with van der Waals surface area (Å²) < 4.78 is 5.30. The van der Waals surface area contributed by atoms with E-state index >= 15 is 0 Å². The Bertz CT molecular complexity index is 291. The maximum absolute atomic E-state index is 12.1. The number of alkyl halides is 1. The molecule has 2 aliphatic rings. The SMILES string of the molecule is CC[C@@H](Cl)C(=O)N1C[C@@H](COC)C2(CCC2)C1. The number of amides is 1. The largest absolute Gasteiger partial charge is 0.384 e. The molecule has 17 heavy (non-hydrogen) atoms. The Kier molecular flexibility index (Phi) is 3.99. The van der Waals surface area contributed by atoms with Crippen molar-refractivity contribution >= 4 is 17.5 Å². The van der Waals surface area contributed by atoms with Crippen LogP contribution in [-0.2, 0) is 9.53 Å². The molecule has 1 spiro atoms. The summed E-state index contributed by atoms with van der Waals surface area (Å²) in [5.41, 5.74) is 0.343. The molecule has 2 fully saturated rings. The quantitative estimate of drug-likeness (QED) is 0.725. The minimum atomic E-state index is -0.353. The Morgan fingerprint density at radius 1 is 1.59 bits per heavy atom. The number of carbonyl (C=O) groups is 1. The van der Waals surface area contributed by atoms with E-state index in [-0.39, 0.29) is 11.3 Å². The van der Waals surface area contributed by atoms with Crippen LogP contribution in [0.25, 0.3) is 0 Å². The van der Waals surface area contributed by atoms with E-state index in [0.717, 1.165) is 19.7 Å². The third-order valence-electron chi connectivity index (χ3n) is 4.47. The second-order valence-electron chi connectivity index (χ2n) is 5.46. The molecule has 2 atom stereocenters. The predicted octanol–water partition coefficient (Wildman–Crippen LogP) is 2.28. The first kappa shape index (κ1) is 13.2. The number of likely N-dealkylation sites (tertiary alicyclic amines) is 1. The van der Waals surface area contributed by atoms with Gasteiger partial charge in [-0.25, -0.2) is 0 Å². The topological polar surface area (TPSA) is 29.5 Å². The number of nitrogens with zero attached hydrogens (tertiary/aromatic N) is 1. The van der Waals surface area contributed by atoms with Gasteiger partial charge in [0, 0.05) is 26.1 Å². The van der Waals surface area contributed by atoms with Crippen molar-refractivity contribution in [3.05, 3.63) is 0 Å². The highest BCUT2D eigenvalue weighted by molar-refractivity contribution is 6.30. The van der Waals surface area contributed by atoms with Crippen LogP contribution in [-0.4, -0.2) is 43.0 Å². The zero-order valence-electron chi connectivity index (χ0n) is 10.7. The van der Waals surface area contributed by atoms with Crippen molar-refractivity contribution in [2.75, 3.05) is 26.8 Å². The molecule has 1 aliphatic heterocycles. The maximum Gasteiger partial charge on any atom is 0.240 e. The van der Waals surface area contributed by atoms with Gasteiger partial charge < -0.3 is 9.64 Å². The van der Waals surface area contributed by atoms with Crippen LogP contribution in [0.4, 0.5) is 0 Å². The van der Waals surface area contributed by atoms with Crippen molar-refractivity contribution in [2.24, 2.45) is 11.3 Å². The molecular formula is C13H22ClNO2. The molecule has 98 valence electrons. The fraction of sp³-hybridized carbons (Fsp3) is 0.923. The van der Waals surface area contributed by atoms with Gasteiger partial charge in [-0.1, -0.05) is 13.3 Å². The van der Waals surface area contributed by atoms with Gasteiger partial charge in [-0.2, -0.15) is 0 Å². The van der Waals surface area contributed by atoms with E-state index in [0.29, 0.717) is 17.8 Å². The van der Waals surface area contributed by atoms with Crippen LogP contribution in [0.5, 0.6) is 0 Å². The van der Waals surface area contributed by atoms with Gasteiger partial charge in [0.25, 0.3) is 0 Å². The minimum absolute atomic E-state index is 0.110. The number of rotatable bonds is 4. The van der Waals surface area contributed by atoms with Crippen molar-refractivity contribution in [3.63, 3.8) is 0 Å². The standard InChI is InChI=1S/C13H22ClNO2/c1-3-11(14)12(16)15-7-10(8-17-2)13(9-15)5-4-6-13/h10-11H,3-9H2,1-2H3/t10-,11+/m0/s1. The average Bonchev–Trinajstić information content (AvgIpc) is 2.67. The minimum Gasteiger partial charge on any atom is -0.384 e. The highest BCUT2D eigenvalue weighted by Crippen LogP contribution is 2.51. The number of carbonyl (C=O) groups excluding carboxylic acids is 1. The normalized spacial score (nSPS) is 28.2. The molecule has 1 saturated heterocycles. The summed E-state index contributed by atoms with van der Waals surface area (Å²) in [5.74, 6) is 0.616. The van der Waals surface area contributed by atoms with E-state index in [4.69, 9.17) is 16.3 Å². The zero-order chi connectivity index (χ0) is 12.5. The smallest absolute Gasteiger partial charge is 0.240 e.